The Bertz CT molecular complexity index is 641. The molecule has 0 atom stereocenters. The number of amides is 1. The van der Waals surface area contributed by atoms with Crippen LogP contribution < -0.4 is 5.32 Å². The smallest absolute Gasteiger partial charge is 0.273 e. The van der Waals surface area contributed by atoms with Crippen molar-refractivity contribution in [2.45, 2.75) is 51.6 Å². The van der Waals surface area contributed by atoms with Gasteiger partial charge in [0.2, 0.25) is 0 Å². The summed E-state index contributed by atoms with van der Waals surface area (Å²) in [6.45, 7) is 1.22. The van der Waals surface area contributed by atoms with E-state index in [-0.39, 0.29) is 5.91 Å². The van der Waals surface area contributed by atoms with Crippen LogP contribution in [-0.4, -0.2) is 30.5 Å². The summed E-state index contributed by atoms with van der Waals surface area (Å²) in [5.74, 6) is 1.40. The first kappa shape index (κ1) is 15.7. The summed E-state index contributed by atoms with van der Waals surface area (Å²) in [6, 6.07) is 0. The number of imidazole rings is 1. The Hall–Kier alpha value is -2.18. The number of carbonyl (C=O) groups is 1. The first-order valence-corrected chi connectivity index (χ1v) is 8.37. The monoisotopic (exact) mass is 316 g/mol. The molecule has 3 rings (SSSR count). The number of hydrogen-bond donors (Lipinski definition) is 1. The SMILES string of the molecule is Cn1ccnc1CNC(=O)c1cn(CCC2CCCCC2)nn1. The second-order valence-corrected chi connectivity index (χ2v) is 6.30. The van der Waals surface area contributed by atoms with Crippen LogP contribution in [0.4, 0.5) is 0 Å². The normalized spacial score (nSPS) is 15.7. The molecular formula is C16H24N6O. The molecule has 2 aromatic heterocycles. The highest BCUT2D eigenvalue weighted by atomic mass is 16.2. The van der Waals surface area contributed by atoms with Gasteiger partial charge in [-0.05, 0) is 12.3 Å². The Balaban J connectivity index is 1.47. The zero-order valence-electron chi connectivity index (χ0n) is 13.6. The molecule has 1 saturated carbocycles. The minimum atomic E-state index is -0.211. The van der Waals surface area contributed by atoms with Crippen molar-refractivity contribution in [3.05, 3.63) is 30.1 Å². The van der Waals surface area contributed by atoms with Crippen LogP contribution in [-0.2, 0) is 20.1 Å². The van der Waals surface area contributed by atoms with Gasteiger partial charge in [-0.3, -0.25) is 9.48 Å². The van der Waals surface area contributed by atoms with Gasteiger partial charge in [-0.2, -0.15) is 0 Å². The Kier molecular flexibility index (Phi) is 5.05. The maximum atomic E-state index is 12.1. The van der Waals surface area contributed by atoms with Gasteiger partial charge in [0.15, 0.2) is 5.69 Å². The number of carbonyl (C=O) groups excluding carboxylic acids is 1. The van der Waals surface area contributed by atoms with Crippen LogP contribution in [0.3, 0.4) is 0 Å². The maximum Gasteiger partial charge on any atom is 0.273 e. The van der Waals surface area contributed by atoms with E-state index in [4.69, 9.17) is 0 Å². The van der Waals surface area contributed by atoms with Gasteiger partial charge in [0.05, 0.1) is 12.7 Å². The summed E-state index contributed by atoms with van der Waals surface area (Å²) in [7, 11) is 1.90. The third-order valence-electron chi connectivity index (χ3n) is 4.59. The number of aromatic nitrogens is 5. The Labute approximate surface area is 136 Å². The molecule has 1 fully saturated rings. The molecule has 1 aliphatic rings. The molecule has 0 spiro atoms. The Morgan fingerprint density at radius 2 is 2.17 bits per heavy atom. The zero-order chi connectivity index (χ0) is 16.1. The Morgan fingerprint density at radius 3 is 2.91 bits per heavy atom. The third-order valence-corrected chi connectivity index (χ3v) is 4.59. The predicted octanol–water partition coefficient (Wildman–Crippen LogP) is 1.91. The molecule has 0 aliphatic heterocycles. The van der Waals surface area contributed by atoms with Crippen molar-refractivity contribution in [1.82, 2.24) is 29.9 Å². The molecule has 1 amide bonds. The molecule has 0 radical (unpaired) electrons. The quantitative estimate of drug-likeness (QED) is 0.883. The van der Waals surface area contributed by atoms with E-state index >= 15 is 0 Å². The molecule has 7 nitrogen and oxygen atoms in total. The van der Waals surface area contributed by atoms with Gasteiger partial charge in [-0.25, -0.2) is 4.98 Å². The molecule has 2 heterocycles. The van der Waals surface area contributed by atoms with Gasteiger partial charge in [-0.1, -0.05) is 37.3 Å². The maximum absolute atomic E-state index is 12.1. The number of hydrogen-bond acceptors (Lipinski definition) is 4. The van der Waals surface area contributed by atoms with Crippen molar-refractivity contribution in [2.24, 2.45) is 13.0 Å². The molecule has 2 aromatic rings. The van der Waals surface area contributed by atoms with Crippen molar-refractivity contribution in [1.29, 1.82) is 0 Å². The lowest BCUT2D eigenvalue weighted by atomic mass is 9.87. The van der Waals surface area contributed by atoms with Gasteiger partial charge >= 0.3 is 0 Å². The van der Waals surface area contributed by atoms with Crippen molar-refractivity contribution in [3.63, 3.8) is 0 Å². The highest BCUT2D eigenvalue weighted by molar-refractivity contribution is 5.91. The Morgan fingerprint density at radius 1 is 1.35 bits per heavy atom. The largest absolute Gasteiger partial charge is 0.343 e. The van der Waals surface area contributed by atoms with Crippen molar-refractivity contribution in [2.75, 3.05) is 0 Å². The van der Waals surface area contributed by atoms with Gasteiger partial charge in [0.1, 0.15) is 5.82 Å². The van der Waals surface area contributed by atoms with Crippen LogP contribution in [0.25, 0.3) is 0 Å². The number of nitrogens with one attached hydrogen (secondary N) is 1. The van der Waals surface area contributed by atoms with E-state index in [0.29, 0.717) is 12.2 Å². The molecule has 23 heavy (non-hydrogen) atoms. The molecule has 1 aliphatic carbocycles. The fourth-order valence-electron chi connectivity index (χ4n) is 3.12. The van der Waals surface area contributed by atoms with E-state index in [2.05, 4.69) is 20.6 Å². The fourth-order valence-corrected chi connectivity index (χ4v) is 3.12. The summed E-state index contributed by atoms with van der Waals surface area (Å²) < 4.78 is 3.66. The number of nitrogens with zero attached hydrogens (tertiary/aromatic N) is 5. The highest BCUT2D eigenvalue weighted by Gasteiger charge is 2.15. The number of aryl methyl sites for hydroxylation is 2. The van der Waals surface area contributed by atoms with Crippen molar-refractivity contribution >= 4 is 5.91 Å². The average molecular weight is 316 g/mol. The van der Waals surface area contributed by atoms with Crippen LogP contribution in [0.5, 0.6) is 0 Å². The van der Waals surface area contributed by atoms with Crippen LogP contribution in [0.2, 0.25) is 0 Å². The van der Waals surface area contributed by atoms with Gasteiger partial charge in [-0.15, -0.1) is 5.10 Å². The zero-order valence-corrected chi connectivity index (χ0v) is 13.6. The molecule has 1 N–H and O–H groups in total. The van der Waals surface area contributed by atoms with E-state index in [9.17, 15) is 4.79 Å². The molecule has 0 aromatic carbocycles. The lowest BCUT2D eigenvalue weighted by Gasteiger charge is -2.20. The molecule has 0 bridgehead atoms. The van der Waals surface area contributed by atoms with Crippen LogP contribution in [0.15, 0.2) is 18.6 Å². The van der Waals surface area contributed by atoms with Gasteiger partial charge < -0.3 is 9.88 Å². The lowest BCUT2D eigenvalue weighted by Crippen LogP contribution is -2.24. The minimum absolute atomic E-state index is 0.211. The van der Waals surface area contributed by atoms with E-state index in [1.807, 2.05) is 17.8 Å². The lowest BCUT2D eigenvalue weighted by molar-refractivity contribution is 0.0944. The topological polar surface area (TPSA) is 77.6 Å². The number of rotatable bonds is 6. The second-order valence-electron chi connectivity index (χ2n) is 6.30. The first-order chi connectivity index (χ1) is 11.2. The van der Waals surface area contributed by atoms with Crippen LogP contribution in [0.1, 0.15) is 54.8 Å². The van der Waals surface area contributed by atoms with E-state index in [1.165, 1.54) is 32.1 Å². The van der Waals surface area contributed by atoms with E-state index in [0.717, 1.165) is 24.7 Å². The molecular weight excluding hydrogens is 292 g/mol. The van der Waals surface area contributed by atoms with E-state index in [1.54, 1.807) is 17.1 Å². The molecule has 7 heteroatoms. The third kappa shape index (κ3) is 4.18. The summed E-state index contributed by atoms with van der Waals surface area (Å²) >= 11 is 0. The molecule has 0 saturated heterocycles. The van der Waals surface area contributed by atoms with Gasteiger partial charge in [0.25, 0.3) is 5.91 Å². The summed E-state index contributed by atoms with van der Waals surface area (Å²) in [5, 5.41) is 10.9. The van der Waals surface area contributed by atoms with Crippen molar-refractivity contribution in [3.8, 4) is 0 Å². The first-order valence-electron chi connectivity index (χ1n) is 8.37. The fraction of sp³-hybridized carbons (Fsp3) is 0.625. The van der Waals surface area contributed by atoms with Crippen molar-refractivity contribution < 1.29 is 4.79 Å². The highest BCUT2D eigenvalue weighted by Crippen LogP contribution is 2.26. The summed E-state index contributed by atoms with van der Waals surface area (Å²) in [6.07, 6.45) is 13.1. The minimum Gasteiger partial charge on any atom is -0.343 e. The van der Waals surface area contributed by atoms with Gasteiger partial charge in [0, 0.05) is 26.0 Å². The summed E-state index contributed by atoms with van der Waals surface area (Å²) in [5.41, 5.74) is 0.364. The predicted molar refractivity (Wildman–Crippen MR) is 85.6 cm³/mol. The van der Waals surface area contributed by atoms with Crippen LogP contribution in [0, 0.1) is 5.92 Å². The van der Waals surface area contributed by atoms with Crippen LogP contribution >= 0.6 is 0 Å². The van der Waals surface area contributed by atoms with E-state index < -0.39 is 0 Å². The molecule has 0 unspecified atom stereocenters. The molecule has 124 valence electrons. The standard InChI is InChI=1S/C16H24N6O/c1-21-10-8-17-15(21)11-18-16(23)14-12-22(20-19-14)9-7-13-5-3-2-4-6-13/h8,10,12-13H,2-7,9,11H2,1H3,(H,18,23). The second kappa shape index (κ2) is 7.39. The summed E-state index contributed by atoms with van der Waals surface area (Å²) in [4.78, 5) is 16.3. The average Bonchev–Trinajstić information content (AvgIpc) is 3.21.